The average molecular weight is 281 g/mol. The molecule has 0 saturated heterocycles. The molecule has 0 aliphatic rings. The first-order valence-corrected chi connectivity index (χ1v) is 6.19. The number of ether oxygens (including phenoxy) is 1. The summed E-state index contributed by atoms with van der Waals surface area (Å²) >= 11 is 0. The van der Waals surface area contributed by atoms with Crippen molar-refractivity contribution in [2.75, 3.05) is 5.73 Å². The predicted molar refractivity (Wildman–Crippen MR) is 75.5 cm³/mol. The summed E-state index contributed by atoms with van der Waals surface area (Å²) in [6.45, 7) is 0. The smallest absolute Gasteiger partial charge is 0.351 e. The molecule has 6 heteroatoms. The first-order valence-electron chi connectivity index (χ1n) is 6.19. The van der Waals surface area contributed by atoms with Crippen LogP contribution in [0.4, 0.5) is 5.88 Å². The lowest BCUT2D eigenvalue weighted by Crippen LogP contribution is -2.11. The van der Waals surface area contributed by atoms with Crippen LogP contribution in [0.2, 0.25) is 0 Å². The SMILES string of the molecule is Nc1onc(-c2ccccn2)c1C(=O)Oc1ccccc1. The third-order valence-corrected chi connectivity index (χ3v) is 2.78. The molecule has 21 heavy (non-hydrogen) atoms. The topological polar surface area (TPSA) is 91.2 Å². The van der Waals surface area contributed by atoms with Crippen LogP contribution < -0.4 is 10.5 Å². The lowest BCUT2D eigenvalue weighted by Gasteiger charge is -2.03. The number of carbonyl (C=O) groups is 1. The normalized spacial score (nSPS) is 10.3. The maximum Gasteiger partial charge on any atom is 0.351 e. The summed E-state index contributed by atoms with van der Waals surface area (Å²) < 4.78 is 10.2. The van der Waals surface area contributed by atoms with E-state index < -0.39 is 5.97 Å². The van der Waals surface area contributed by atoms with Crippen molar-refractivity contribution in [3.05, 3.63) is 60.3 Å². The van der Waals surface area contributed by atoms with Gasteiger partial charge in [-0.2, -0.15) is 0 Å². The number of hydrogen-bond donors (Lipinski definition) is 1. The molecule has 0 saturated carbocycles. The Balaban J connectivity index is 1.95. The predicted octanol–water partition coefficient (Wildman–Crippen LogP) is 2.54. The number of hydrogen-bond acceptors (Lipinski definition) is 6. The number of nitrogens with zero attached hydrogens (tertiary/aromatic N) is 2. The van der Waals surface area contributed by atoms with Crippen molar-refractivity contribution in [1.82, 2.24) is 10.1 Å². The van der Waals surface area contributed by atoms with Gasteiger partial charge in [0.15, 0.2) is 5.56 Å². The number of pyridine rings is 1. The van der Waals surface area contributed by atoms with E-state index in [1.807, 2.05) is 6.07 Å². The van der Waals surface area contributed by atoms with Crippen molar-refractivity contribution in [2.45, 2.75) is 0 Å². The van der Waals surface area contributed by atoms with Crippen molar-refractivity contribution in [3.8, 4) is 17.1 Å². The van der Waals surface area contributed by atoms with Crippen molar-refractivity contribution < 1.29 is 14.1 Å². The molecule has 0 aliphatic heterocycles. The Morgan fingerprint density at radius 1 is 1.10 bits per heavy atom. The van der Waals surface area contributed by atoms with Crippen LogP contribution in [0.15, 0.2) is 59.3 Å². The van der Waals surface area contributed by atoms with E-state index in [-0.39, 0.29) is 17.1 Å². The van der Waals surface area contributed by atoms with E-state index >= 15 is 0 Å². The lowest BCUT2D eigenvalue weighted by atomic mass is 10.1. The highest BCUT2D eigenvalue weighted by molar-refractivity contribution is 6.00. The Bertz CT molecular complexity index is 754. The summed E-state index contributed by atoms with van der Waals surface area (Å²) in [5.74, 6) is -0.327. The zero-order chi connectivity index (χ0) is 14.7. The minimum Gasteiger partial charge on any atom is -0.423 e. The highest BCUT2D eigenvalue weighted by Gasteiger charge is 2.25. The molecule has 0 spiro atoms. The zero-order valence-electron chi connectivity index (χ0n) is 10.9. The van der Waals surface area contributed by atoms with Crippen molar-refractivity contribution in [3.63, 3.8) is 0 Å². The molecule has 0 unspecified atom stereocenters. The second-order valence-corrected chi connectivity index (χ2v) is 4.19. The first kappa shape index (κ1) is 12.9. The fourth-order valence-corrected chi connectivity index (χ4v) is 1.82. The largest absolute Gasteiger partial charge is 0.423 e. The number of para-hydroxylation sites is 1. The molecule has 0 radical (unpaired) electrons. The van der Waals surface area contributed by atoms with Gasteiger partial charge in [-0.3, -0.25) is 4.98 Å². The van der Waals surface area contributed by atoms with E-state index in [4.69, 9.17) is 15.0 Å². The maximum atomic E-state index is 12.3. The Morgan fingerprint density at radius 3 is 2.57 bits per heavy atom. The summed E-state index contributed by atoms with van der Waals surface area (Å²) in [4.78, 5) is 16.4. The Hall–Kier alpha value is -3.15. The van der Waals surface area contributed by atoms with Crippen molar-refractivity contribution >= 4 is 11.9 Å². The molecule has 2 heterocycles. The van der Waals surface area contributed by atoms with Gasteiger partial charge in [0.25, 0.3) is 0 Å². The quantitative estimate of drug-likeness (QED) is 0.586. The second kappa shape index (κ2) is 5.46. The molecule has 104 valence electrons. The highest BCUT2D eigenvalue weighted by atomic mass is 16.5. The standard InChI is InChI=1S/C15H11N3O3/c16-14-12(15(19)20-10-6-2-1-3-7-10)13(18-21-14)11-8-4-5-9-17-11/h1-9H,16H2. The van der Waals surface area contributed by atoms with Gasteiger partial charge in [0.1, 0.15) is 11.4 Å². The fraction of sp³-hybridized carbons (Fsp3) is 0. The third-order valence-electron chi connectivity index (χ3n) is 2.78. The molecule has 0 aliphatic carbocycles. The van der Waals surface area contributed by atoms with Gasteiger partial charge in [0.2, 0.25) is 5.88 Å². The monoisotopic (exact) mass is 281 g/mol. The zero-order valence-corrected chi connectivity index (χ0v) is 10.9. The molecule has 1 aromatic carbocycles. The molecular formula is C15H11N3O3. The van der Waals surface area contributed by atoms with Crippen molar-refractivity contribution in [1.29, 1.82) is 0 Å². The minimum atomic E-state index is -0.638. The Labute approximate surface area is 120 Å². The van der Waals surface area contributed by atoms with E-state index in [0.717, 1.165) is 0 Å². The number of carbonyl (C=O) groups excluding carboxylic acids is 1. The van der Waals surface area contributed by atoms with Crippen LogP contribution in [-0.2, 0) is 0 Å². The number of rotatable bonds is 3. The summed E-state index contributed by atoms with van der Waals surface area (Å²) in [6.07, 6.45) is 1.59. The Morgan fingerprint density at radius 2 is 1.86 bits per heavy atom. The lowest BCUT2D eigenvalue weighted by molar-refractivity contribution is 0.0736. The van der Waals surface area contributed by atoms with Gasteiger partial charge >= 0.3 is 5.97 Å². The van der Waals surface area contributed by atoms with Gasteiger partial charge < -0.3 is 15.0 Å². The first-order chi connectivity index (χ1) is 10.3. The summed E-state index contributed by atoms with van der Waals surface area (Å²) in [5, 5.41) is 3.79. The molecule has 0 fully saturated rings. The fourth-order valence-electron chi connectivity index (χ4n) is 1.82. The summed E-state index contributed by atoms with van der Waals surface area (Å²) in [6, 6.07) is 13.9. The molecule has 0 amide bonds. The molecule has 0 atom stereocenters. The third kappa shape index (κ3) is 2.59. The van der Waals surface area contributed by atoms with Crippen LogP contribution >= 0.6 is 0 Å². The molecular weight excluding hydrogens is 270 g/mol. The van der Waals surface area contributed by atoms with Gasteiger partial charge in [-0.25, -0.2) is 4.79 Å². The van der Waals surface area contributed by atoms with Crippen molar-refractivity contribution in [2.24, 2.45) is 0 Å². The number of nitrogen functional groups attached to an aromatic ring is 1. The highest BCUT2D eigenvalue weighted by Crippen LogP contribution is 2.26. The number of anilines is 1. The second-order valence-electron chi connectivity index (χ2n) is 4.19. The molecule has 6 nitrogen and oxygen atoms in total. The molecule has 3 aromatic rings. The average Bonchev–Trinajstić information content (AvgIpc) is 2.91. The van der Waals surface area contributed by atoms with Crippen LogP contribution in [0.1, 0.15) is 10.4 Å². The van der Waals surface area contributed by atoms with Crippen LogP contribution in [0.3, 0.4) is 0 Å². The van der Waals surface area contributed by atoms with E-state index in [1.165, 1.54) is 0 Å². The molecule has 2 N–H and O–H groups in total. The maximum absolute atomic E-state index is 12.3. The number of benzene rings is 1. The van der Waals surface area contributed by atoms with Gasteiger partial charge in [-0.1, -0.05) is 29.4 Å². The number of aromatic nitrogens is 2. The summed E-state index contributed by atoms with van der Waals surface area (Å²) in [5.41, 5.74) is 6.49. The Kier molecular flexibility index (Phi) is 3.34. The van der Waals surface area contributed by atoms with Gasteiger partial charge in [-0.15, -0.1) is 0 Å². The van der Waals surface area contributed by atoms with Gasteiger partial charge in [0.05, 0.1) is 5.69 Å². The summed E-state index contributed by atoms with van der Waals surface area (Å²) in [7, 11) is 0. The van der Waals surface area contributed by atoms with E-state index in [2.05, 4.69) is 10.1 Å². The molecule has 3 rings (SSSR count). The number of esters is 1. The van der Waals surface area contributed by atoms with Crippen LogP contribution in [0.25, 0.3) is 11.4 Å². The minimum absolute atomic E-state index is 0.0672. The van der Waals surface area contributed by atoms with Crippen LogP contribution in [0.5, 0.6) is 5.75 Å². The van der Waals surface area contributed by atoms with E-state index in [9.17, 15) is 4.79 Å². The number of nitrogens with two attached hydrogens (primary N) is 1. The van der Waals surface area contributed by atoms with E-state index in [1.54, 1.807) is 48.7 Å². The van der Waals surface area contributed by atoms with Crippen LogP contribution in [0, 0.1) is 0 Å². The van der Waals surface area contributed by atoms with Gasteiger partial charge in [-0.05, 0) is 24.3 Å². The van der Waals surface area contributed by atoms with Gasteiger partial charge in [0, 0.05) is 6.20 Å². The van der Waals surface area contributed by atoms with E-state index in [0.29, 0.717) is 11.4 Å². The molecule has 0 bridgehead atoms. The van der Waals surface area contributed by atoms with Crippen LogP contribution in [-0.4, -0.2) is 16.1 Å². The molecule has 2 aromatic heterocycles.